The van der Waals surface area contributed by atoms with E-state index in [0.29, 0.717) is 11.1 Å². The molecule has 246 valence electrons. The van der Waals surface area contributed by atoms with Crippen molar-refractivity contribution in [1.82, 2.24) is 9.13 Å². The van der Waals surface area contributed by atoms with Gasteiger partial charge in [0.1, 0.15) is 6.07 Å². The largest absolute Gasteiger partial charge is 0.310 e. The van der Waals surface area contributed by atoms with E-state index in [9.17, 15) is 10.5 Å². The van der Waals surface area contributed by atoms with Crippen LogP contribution in [-0.2, 0) is 0 Å². The number of nitrogens with zero attached hydrogens (tertiary/aromatic N) is 5. The quantitative estimate of drug-likeness (QED) is 0.182. The van der Waals surface area contributed by atoms with Crippen molar-refractivity contribution in [2.24, 2.45) is 0 Å². The van der Waals surface area contributed by atoms with Gasteiger partial charge in [0.15, 0.2) is 0 Å². The predicted molar refractivity (Wildman–Crippen MR) is 217 cm³/mol. The van der Waals surface area contributed by atoms with Crippen molar-refractivity contribution >= 4 is 71.4 Å². The number of hydrogen-bond acceptors (Lipinski definition) is 3. The van der Waals surface area contributed by atoms with Crippen LogP contribution in [0.3, 0.4) is 0 Å². The second kappa shape index (κ2) is 12.0. The molecule has 8 aromatic carbocycles. The van der Waals surface area contributed by atoms with Crippen molar-refractivity contribution in [2.75, 3.05) is 4.90 Å². The average molecular weight is 676 g/mol. The number of nitriles is 2. The van der Waals surface area contributed by atoms with E-state index in [1.165, 1.54) is 0 Å². The molecule has 0 atom stereocenters. The minimum atomic E-state index is 0.424. The number of benzene rings is 8. The van der Waals surface area contributed by atoms with E-state index in [1.54, 1.807) is 6.07 Å². The van der Waals surface area contributed by atoms with Gasteiger partial charge in [0.2, 0.25) is 0 Å². The van der Waals surface area contributed by atoms with Crippen LogP contribution in [0.15, 0.2) is 176 Å². The lowest BCUT2D eigenvalue weighted by Gasteiger charge is -2.25. The lowest BCUT2D eigenvalue weighted by atomic mass is 10.0. The van der Waals surface area contributed by atoms with Crippen molar-refractivity contribution in [3.63, 3.8) is 0 Å². The van der Waals surface area contributed by atoms with Crippen LogP contribution in [0.25, 0.3) is 65.8 Å². The summed E-state index contributed by atoms with van der Waals surface area (Å²) >= 11 is 0. The van der Waals surface area contributed by atoms with Crippen LogP contribution >= 0.6 is 0 Å². The number of fused-ring (bicyclic) bond motifs is 8. The molecule has 10 aromatic rings. The molecule has 5 heteroatoms. The van der Waals surface area contributed by atoms with Gasteiger partial charge >= 0.3 is 0 Å². The summed E-state index contributed by atoms with van der Waals surface area (Å²) in [5.74, 6) is 0. The third-order valence-electron chi connectivity index (χ3n) is 10.3. The molecule has 10 rings (SSSR count). The SMILES string of the molecule is N#Cc1cc(C#N)c(-n2c3ccccc3c3ccccc32)c(-n2c3ccc(N(c4ccccc4)c4ccccc4)cc3c3c4ccccc4ccc32)c1. The Morgan fingerprint density at radius 1 is 0.415 bits per heavy atom. The van der Waals surface area contributed by atoms with Crippen LogP contribution in [0.1, 0.15) is 11.1 Å². The Labute approximate surface area is 305 Å². The van der Waals surface area contributed by atoms with Crippen molar-refractivity contribution in [1.29, 1.82) is 10.5 Å². The van der Waals surface area contributed by atoms with Crippen LogP contribution in [-0.4, -0.2) is 9.13 Å². The van der Waals surface area contributed by atoms with Crippen molar-refractivity contribution in [3.8, 4) is 23.5 Å². The van der Waals surface area contributed by atoms with Gasteiger partial charge in [-0.15, -0.1) is 0 Å². The molecule has 0 aliphatic rings. The van der Waals surface area contributed by atoms with Crippen molar-refractivity contribution < 1.29 is 0 Å². The predicted octanol–water partition coefficient (Wildman–Crippen LogP) is 12.2. The standard InChI is InChI=1S/C48H29N5/c49-30-32-27-34(31-50)48(53-42-21-11-9-19-39(42)40-20-10-12-22-43(40)53)46(28-32)52-44-26-24-37(51(35-14-3-1-4-15-35)36-16-5-2-6-17-36)29-41(44)47-38-18-8-7-13-33(38)23-25-45(47)52/h1-29H. The molecular formula is C48H29N5. The van der Waals surface area contributed by atoms with Gasteiger partial charge in [0.05, 0.1) is 50.6 Å². The maximum atomic E-state index is 10.8. The first-order valence-corrected chi connectivity index (χ1v) is 17.6. The Balaban J connectivity index is 1.36. The molecule has 0 N–H and O–H groups in total. The smallest absolute Gasteiger partial charge is 0.101 e. The van der Waals surface area contributed by atoms with Crippen LogP contribution in [0, 0.1) is 22.7 Å². The van der Waals surface area contributed by atoms with Gasteiger partial charge in [-0.1, -0.05) is 103 Å². The van der Waals surface area contributed by atoms with E-state index in [0.717, 1.165) is 82.8 Å². The summed E-state index contributed by atoms with van der Waals surface area (Å²) in [6, 6.07) is 65.4. The maximum absolute atomic E-state index is 10.8. The zero-order valence-corrected chi connectivity index (χ0v) is 28.5. The molecule has 53 heavy (non-hydrogen) atoms. The minimum Gasteiger partial charge on any atom is -0.310 e. The highest BCUT2D eigenvalue weighted by atomic mass is 15.1. The normalized spacial score (nSPS) is 11.4. The lowest BCUT2D eigenvalue weighted by Crippen LogP contribution is -2.09. The summed E-state index contributed by atoms with van der Waals surface area (Å²) in [5, 5.41) is 27.8. The van der Waals surface area contributed by atoms with Crippen LogP contribution in [0.2, 0.25) is 0 Å². The van der Waals surface area contributed by atoms with E-state index in [1.807, 2.05) is 42.5 Å². The monoisotopic (exact) mass is 675 g/mol. The first-order chi connectivity index (χ1) is 26.2. The number of para-hydroxylation sites is 4. The number of hydrogen-bond donors (Lipinski definition) is 0. The molecule has 5 nitrogen and oxygen atoms in total. The summed E-state index contributed by atoms with van der Waals surface area (Å²) in [7, 11) is 0. The maximum Gasteiger partial charge on any atom is 0.101 e. The first-order valence-electron chi connectivity index (χ1n) is 17.6. The molecule has 0 aliphatic heterocycles. The van der Waals surface area contributed by atoms with E-state index in [2.05, 4.69) is 154 Å². The highest BCUT2D eigenvalue weighted by Gasteiger charge is 2.24. The number of aromatic nitrogens is 2. The molecule has 0 radical (unpaired) electrons. The molecular weight excluding hydrogens is 647 g/mol. The molecule has 2 aromatic heterocycles. The summed E-state index contributed by atoms with van der Waals surface area (Å²) in [5.41, 5.74) is 9.43. The van der Waals surface area contributed by atoms with Gasteiger partial charge in [-0.25, -0.2) is 0 Å². The molecule has 2 heterocycles. The Hall–Kier alpha value is -7.60. The van der Waals surface area contributed by atoms with Gasteiger partial charge in [-0.05, 0) is 83.6 Å². The average Bonchev–Trinajstić information content (AvgIpc) is 3.74. The zero-order valence-electron chi connectivity index (χ0n) is 28.5. The van der Waals surface area contributed by atoms with E-state index in [4.69, 9.17) is 0 Å². The number of anilines is 3. The fourth-order valence-electron chi connectivity index (χ4n) is 8.12. The molecule has 0 saturated carbocycles. The molecule has 0 bridgehead atoms. The van der Waals surface area contributed by atoms with Gasteiger partial charge < -0.3 is 14.0 Å². The Morgan fingerprint density at radius 2 is 0.981 bits per heavy atom. The first kappa shape index (κ1) is 30.2. The zero-order chi connectivity index (χ0) is 35.5. The minimum absolute atomic E-state index is 0.424. The molecule has 0 fully saturated rings. The van der Waals surface area contributed by atoms with Crippen LogP contribution < -0.4 is 4.90 Å². The fourth-order valence-corrected chi connectivity index (χ4v) is 8.12. The summed E-state index contributed by atoms with van der Waals surface area (Å²) in [6.07, 6.45) is 0. The molecule has 0 spiro atoms. The van der Waals surface area contributed by atoms with Crippen molar-refractivity contribution in [2.45, 2.75) is 0 Å². The Kier molecular flexibility index (Phi) is 6.86. The Bertz CT molecular complexity index is 3050. The Morgan fingerprint density at radius 3 is 1.62 bits per heavy atom. The summed E-state index contributed by atoms with van der Waals surface area (Å²) in [4.78, 5) is 2.28. The van der Waals surface area contributed by atoms with Gasteiger partial charge in [0.25, 0.3) is 0 Å². The molecule has 0 aliphatic carbocycles. The topological polar surface area (TPSA) is 60.7 Å². The van der Waals surface area contributed by atoms with Crippen LogP contribution in [0.5, 0.6) is 0 Å². The summed E-state index contributed by atoms with van der Waals surface area (Å²) in [6.45, 7) is 0. The van der Waals surface area contributed by atoms with E-state index < -0.39 is 0 Å². The molecule has 0 amide bonds. The highest BCUT2D eigenvalue weighted by Crippen LogP contribution is 2.44. The fraction of sp³-hybridized carbons (Fsp3) is 0. The molecule has 0 saturated heterocycles. The van der Waals surface area contributed by atoms with Crippen molar-refractivity contribution in [3.05, 3.63) is 187 Å². The van der Waals surface area contributed by atoms with E-state index in [-0.39, 0.29) is 0 Å². The molecule has 0 unspecified atom stereocenters. The number of rotatable bonds is 5. The van der Waals surface area contributed by atoms with Gasteiger partial charge in [-0.3, -0.25) is 0 Å². The third kappa shape index (κ3) is 4.62. The van der Waals surface area contributed by atoms with Gasteiger partial charge in [0, 0.05) is 38.6 Å². The van der Waals surface area contributed by atoms with Crippen LogP contribution in [0.4, 0.5) is 17.1 Å². The van der Waals surface area contributed by atoms with Gasteiger partial charge in [-0.2, -0.15) is 10.5 Å². The summed E-state index contributed by atoms with van der Waals surface area (Å²) < 4.78 is 4.44. The second-order valence-electron chi connectivity index (χ2n) is 13.2. The van der Waals surface area contributed by atoms with E-state index >= 15 is 0 Å². The highest BCUT2D eigenvalue weighted by molar-refractivity contribution is 6.22. The lowest BCUT2D eigenvalue weighted by molar-refractivity contribution is 1.08. The third-order valence-corrected chi connectivity index (χ3v) is 10.3. The second-order valence-corrected chi connectivity index (χ2v) is 13.2.